The first-order valence-corrected chi connectivity index (χ1v) is 4.79. The molecule has 2 aromatic heterocycles. The van der Waals surface area contributed by atoms with Gasteiger partial charge in [0.1, 0.15) is 0 Å². The molecule has 0 aliphatic carbocycles. The van der Waals surface area contributed by atoms with E-state index in [0.717, 1.165) is 17.0 Å². The quantitative estimate of drug-likeness (QED) is 0.821. The van der Waals surface area contributed by atoms with E-state index >= 15 is 0 Å². The van der Waals surface area contributed by atoms with Crippen LogP contribution in [-0.2, 0) is 6.54 Å². The molecule has 0 radical (unpaired) electrons. The van der Waals surface area contributed by atoms with Crippen molar-refractivity contribution >= 4 is 17.3 Å². The number of hydrogen-bond donors (Lipinski definition) is 1. The normalized spacial score (nSPS) is 10.3. The minimum atomic E-state index is -0.985. The predicted octanol–water partition coefficient (Wildman–Crippen LogP) is 1.09. The van der Waals surface area contributed by atoms with Crippen LogP contribution >= 0.6 is 11.3 Å². The second-order valence-corrected chi connectivity index (χ2v) is 3.51. The molecule has 0 saturated carbocycles. The summed E-state index contributed by atoms with van der Waals surface area (Å²) in [5.74, 6) is -0.985. The molecule has 14 heavy (non-hydrogen) atoms. The lowest BCUT2D eigenvalue weighted by atomic mass is 10.5. The van der Waals surface area contributed by atoms with Crippen LogP contribution in [0, 0.1) is 0 Å². The van der Waals surface area contributed by atoms with Crippen molar-refractivity contribution in [3.05, 3.63) is 34.5 Å². The number of aromatic carboxylic acids is 1. The van der Waals surface area contributed by atoms with E-state index in [1.807, 2.05) is 6.07 Å². The van der Waals surface area contributed by atoms with Gasteiger partial charge in [-0.2, -0.15) is 5.10 Å². The fourth-order valence-corrected chi connectivity index (χ4v) is 1.68. The zero-order valence-electron chi connectivity index (χ0n) is 7.12. The molecule has 5 nitrogen and oxygen atoms in total. The molecular weight excluding hydrogens is 202 g/mol. The molecule has 0 aliphatic rings. The van der Waals surface area contributed by atoms with Gasteiger partial charge in [0.15, 0.2) is 0 Å². The Morgan fingerprint density at radius 1 is 1.64 bits per heavy atom. The lowest BCUT2D eigenvalue weighted by Gasteiger charge is -1.95. The van der Waals surface area contributed by atoms with E-state index in [1.165, 1.54) is 0 Å². The predicted molar refractivity (Wildman–Crippen MR) is 50.4 cm³/mol. The number of hydrogen-bond acceptors (Lipinski definition) is 4. The van der Waals surface area contributed by atoms with Crippen molar-refractivity contribution in [1.82, 2.24) is 14.8 Å². The number of thiazole rings is 1. The molecule has 1 N–H and O–H groups in total. The molecule has 0 spiro atoms. The summed E-state index contributed by atoms with van der Waals surface area (Å²) in [6, 6.07) is 1.81. The van der Waals surface area contributed by atoms with Crippen LogP contribution in [0.3, 0.4) is 0 Å². The minimum absolute atomic E-state index is 0.118. The smallest absolute Gasteiger partial charge is 0.365 e. The van der Waals surface area contributed by atoms with Crippen molar-refractivity contribution in [2.24, 2.45) is 0 Å². The van der Waals surface area contributed by atoms with Crippen molar-refractivity contribution in [2.75, 3.05) is 0 Å². The highest BCUT2D eigenvalue weighted by Gasteiger charge is 2.08. The van der Waals surface area contributed by atoms with Crippen LogP contribution in [0.25, 0.3) is 0 Å². The standard InChI is InChI=1S/C8H7N3O2S/c12-8(13)7-10-6(5-14-7)4-11-3-1-2-9-11/h1-3,5H,4H2,(H,12,13). The van der Waals surface area contributed by atoms with Crippen LogP contribution in [0.2, 0.25) is 0 Å². The average Bonchev–Trinajstić information content (AvgIpc) is 2.75. The molecule has 2 rings (SSSR count). The molecule has 6 heteroatoms. The van der Waals surface area contributed by atoms with Crippen LogP contribution in [-0.4, -0.2) is 25.8 Å². The number of carboxylic acids is 1. The monoisotopic (exact) mass is 209 g/mol. The third kappa shape index (κ3) is 1.80. The Kier molecular flexibility index (Phi) is 2.28. The number of carboxylic acid groups (broad SMARTS) is 1. The second-order valence-electron chi connectivity index (χ2n) is 2.65. The van der Waals surface area contributed by atoms with Gasteiger partial charge in [0.2, 0.25) is 5.01 Å². The van der Waals surface area contributed by atoms with E-state index in [2.05, 4.69) is 10.1 Å². The fourth-order valence-electron chi connectivity index (χ4n) is 1.04. The SMILES string of the molecule is O=C(O)c1nc(Cn2cccn2)cs1. The maximum atomic E-state index is 10.5. The summed E-state index contributed by atoms with van der Waals surface area (Å²) >= 11 is 1.13. The van der Waals surface area contributed by atoms with Gasteiger partial charge in [-0.1, -0.05) is 0 Å². The Balaban J connectivity index is 2.14. The summed E-state index contributed by atoms with van der Waals surface area (Å²) in [6.45, 7) is 0.511. The van der Waals surface area contributed by atoms with E-state index in [1.54, 1.807) is 22.5 Å². The Morgan fingerprint density at radius 2 is 2.50 bits per heavy atom. The van der Waals surface area contributed by atoms with Crippen molar-refractivity contribution in [3.8, 4) is 0 Å². The third-order valence-corrected chi connectivity index (χ3v) is 2.50. The summed E-state index contributed by atoms with van der Waals surface area (Å²) in [7, 11) is 0. The van der Waals surface area contributed by atoms with Crippen molar-refractivity contribution < 1.29 is 9.90 Å². The highest BCUT2D eigenvalue weighted by Crippen LogP contribution is 2.10. The van der Waals surface area contributed by atoms with Crippen LogP contribution in [0.4, 0.5) is 0 Å². The zero-order valence-corrected chi connectivity index (χ0v) is 7.94. The van der Waals surface area contributed by atoms with Gasteiger partial charge in [-0.3, -0.25) is 4.68 Å². The summed E-state index contributed by atoms with van der Waals surface area (Å²) in [6.07, 6.45) is 3.48. The lowest BCUT2D eigenvalue weighted by Crippen LogP contribution is -2.01. The molecule has 72 valence electrons. The summed E-state index contributed by atoms with van der Waals surface area (Å²) in [4.78, 5) is 14.5. The zero-order chi connectivity index (χ0) is 9.97. The minimum Gasteiger partial charge on any atom is -0.476 e. The van der Waals surface area contributed by atoms with Gasteiger partial charge in [-0.05, 0) is 6.07 Å². The molecule has 2 aromatic rings. The number of rotatable bonds is 3. The first-order valence-electron chi connectivity index (χ1n) is 3.91. The first kappa shape index (κ1) is 8.89. The van der Waals surface area contributed by atoms with Crippen molar-refractivity contribution in [2.45, 2.75) is 6.54 Å². The molecule has 0 aromatic carbocycles. The Labute approximate surface area is 83.6 Å². The summed E-state index contributed by atoms with van der Waals surface area (Å²) in [5, 5.41) is 14.5. The van der Waals surface area contributed by atoms with Gasteiger partial charge < -0.3 is 5.11 Å². The molecular formula is C8H7N3O2S. The average molecular weight is 209 g/mol. The second kappa shape index (κ2) is 3.59. The van der Waals surface area contributed by atoms with Gasteiger partial charge in [0.25, 0.3) is 0 Å². The Morgan fingerprint density at radius 3 is 3.07 bits per heavy atom. The molecule has 0 amide bonds. The van der Waals surface area contributed by atoms with Crippen LogP contribution in [0.5, 0.6) is 0 Å². The first-order chi connectivity index (χ1) is 6.75. The largest absolute Gasteiger partial charge is 0.476 e. The van der Waals surface area contributed by atoms with Crippen molar-refractivity contribution in [3.63, 3.8) is 0 Å². The topological polar surface area (TPSA) is 68.0 Å². The van der Waals surface area contributed by atoms with Gasteiger partial charge in [-0.25, -0.2) is 9.78 Å². The fraction of sp³-hybridized carbons (Fsp3) is 0.125. The van der Waals surface area contributed by atoms with E-state index in [-0.39, 0.29) is 5.01 Å². The van der Waals surface area contributed by atoms with Gasteiger partial charge in [0, 0.05) is 17.8 Å². The van der Waals surface area contributed by atoms with Gasteiger partial charge in [0.05, 0.1) is 12.2 Å². The van der Waals surface area contributed by atoms with Crippen LogP contribution in [0.1, 0.15) is 15.5 Å². The van der Waals surface area contributed by atoms with Crippen LogP contribution < -0.4 is 0 Å². The van der Waals surface area contributed by atoms with Crippen LogP contribution in [0.15, 0.2) is 23.8 Å². The van der Waals surface area contributed by atoms with Crippen molar-refractivity contribution in [1.29, 1.82) is 0 Å². The number of aromatic nitrogens is 3. The molecule has 2 heterocycles. The number of carbonyl (C=O) groups is 1. The molecule has 0 atom stereocenters. The van der Waals surface area contributed by atoms with E-state index < -0.39 is 5.97 Å². The van der Waals surface area contributed by atoms with E-state index in [9.17, 15) is 4.79 Å². The molecule has 0 unspecified atom stereocenters. The summed E-state index contributed by atoms with van der Waals surface area (Å²) < 4.78 is 1.70. The molecule has 0 aliphatic heterocycles. The van der Waals surface area contributed by atoms with Gasteiger partial charge in [-0.15, -0.1) is 11.3 Å². The molecule has 0 bridgehead atoms. The van der Waals surface area contributed by atoms with E-state index in [4.69, 9.17) is 5.11 Å². The molecule has 0 fully saturated rings. The summed E-state index contributed by atoms with van der Waals surface area (Å²) in [5.41, 5.74) is 0.719. The lowest BCUT2D eigenvalue weighted by molar-refractivity contribution is 0.0696. The third-order valence-electron chi connectivity index (χ3n) is 1.62. The maximum absolute atomic E-state index is 10.5. The maximum Gasteiger partial charge on any atom is 0.365 e. The van der Waals surface area contributed by atoms with Gasteiger partial charge >= 0.3 is 5.97 Å². The Bertz CT molecular complexity index is 435. The Hall–Kier alpha value is -1.69. The molecule has 0 saturated heterocycles. The van der Waals surface area contributed by atoms with E-state index in [0.29, 0.717) is 6.54 Å². The number of nitrogens with zero attached hydrogens (tertiary/aromatic N) is 3. The highest BCUT2D eigenvalue weighted by atomic mass is 32.1. The highest BCUT2D eigenvalue weighted by molar-refractivity contribution is 7.11.